The second kappa shape index (κ2) is 8.08. The van der Waals surface area contributed by atoms with Crippen molar-refractivity contribution in [3.05, 3.63) is 65.0 Å². The molecule has 3 heterocycles. The van der Waals surface area contributed by atoms with Gasteiger partial charge in [0, 0.05) is 6.54 Å². The number of nitrogens with zero attached hydrogens (tertiary/aromatic N) is 4. The highest BCUT2D eigenvalue weighted by Gasteiger charge is 2.36. The van der Waals surface area contributed by atoms with Gasteiger partial charge in [0.15, 0.2) is 28.5 Å². The molecular weight excluding hydrogens is 449 g/mol. The summed E-state index contributed by atoms with van der Waals surface area (Å²) in [7, 11) is 3.06. The molecule has 1 aliphatic rings. The number of H-pyrrole nitrogens is 1. The van der Waals surface area contributed by atoms with Crippen LogP contribution in [0.4, 0.5) is 24.9 Å². The number of rotatable bonds is 4. The maximum absolute atomic E-state index is 13.6. The number of ether oxygens (including phenoxy) is 2. The largest absolute Gasteiger partial charge is 0.493 e. The van der Waals surface area contributed by atoms with E-state index in [0.717, 1.165) is 23.3 Å². The Morgan fingerprint density at radius 1 is 1.09 bits per heavy atom. The Kier molecular flexibility index (Phi) is 5.18. The summed E-state index contributed by atoms with van der Waals surface area (Å²) in [4.78, 5) is 17.8. The number of methoxy groups -OCH3 is 2. The molecule has 1 aliphatic heterocycles. The van der Waals surface area contributed by atoms with Crippen LogP contribution in [0.5, 0.6) is 11.5 Å². The third kappa shape index (κ3) is 3.62. The fraction of sp³-hybridized carbons (Fsp3) is 0.261. The van der Waals surface area contributed by atoms with Gasteiger partial charge in [-0.25, -0.2) is 4.98 Å². The van der Waals surface area contributed by atoms with Crippen molar-refractivity contribution < 1.29 is 22.6 Å². The van der Waals surface area contributed by atoms with E-state index in [0.29, 0.717) is 47.0 Å². The predicted molar refractivity (Wildman–Crippen MR) is 120 cm³/mol. The van der Waals surface area contributed by atoms with Crippen LogP contribution in [0, 0.1) is 0 Å². The Morgan fingerprint density at radius 2 is 1.85 bits per heavy atom. The molecule has 8 nitrogen and oxygen atoms in total. The van der Waals surface area contributed by atoms with E-state index in [4.69, 9.17) is 15.2 Å². The molecule has 4 aromatic rings. The Bertz CT molecular complexity index is 1370. The number of nitrogen functional groups attached to an aromatic ring is 1. The number of halogens is 3. The Balaban J connectivity index is 1.75. The molecule has 0 aliphatic carbocycles. The predicted octanol–water partition coefficient (Wildman–Crippen LogP) is 4.12. The van der Waals surface area contributed by atoms with Gasteiger partial charge in [-0.1, -0.05) is 12.1 Å². The van der Waals surface area contributed by atoms with Gasteiger partial charge in [0.25, 0.3) is 0 Å². The number of nitrogens with one attached hydrogen (secondary N) is 1. The number of aromatic nitrogens is 4. The fourth-order valence-electron chi connectivity index (χ4n) is 4.46. The second-order valence-electron chi connectivity index (χ2n) is 7.88. The van der Waals surface area contributed by atoms with Gasteiger partial charge in [-0.15, -0.1) is 0 Å². The van der Waals surface area contributed by atoms with Crippen LogP contribution in [0.3, 0.4) is 0 Å². The molecule has 0 spiro atoms. The van der Waals surface area contributed by atoms with Crippen LogP contribution in [0.25, 0.3) is 11.2 Å². The number of hydrogen-bond acceptors (Lipinski definition) is 7. The summed E-state index contributed by atoms with van der Waals surface area (Å²) >= 11 is 0. The molecule has 3 N–H and O–H groups in total. The van der Waals surface area contributed by atoms with Gasteiger partial charge in [-0.05, 0) is 47.4 Å². The lowest BCUT2D eigenvalue weighted by Crippen LogP contribution is -2.37. The minimum Gasteiger partial charge on any atom is -0.493 e. The van der Waals surface area contributed by atoms with Crippen LogP contribution in [-0.4, -0.2) is 40.7 Å². The fourth-order valence-corrected chi connectivity index (χ4v) is 4.46. The van der Waals surface area contributed by atoms with Crippen molar-refractivity contribution in [2.45, 2.75) is 18.6 Å². The summed E-state index contributed by atoms with van der Waals surface area (Å²) in [6, 6.07) is 8.35. The Hall–Kier alpha value is -4.02. The summed E-state index contributed by atoms with van der Waals surface area (Å²) in [5, 5.41) is 0. The Morgan fingerprint density at radius 3 is 2.59 bits per heavy atom. The molecule has 2 aromatic carbocycles. The van der Waals surface area contributed by atoms with Gasteiger partial charge >= 0.3 is 6.18 Å². The summed E-state index contributed by atoms with van der Waals surface area (Å²) in [5.74, 6) is 1.50. The van der Waals surface area contributed by atoms with Crippen LogP contribution < -0.4 is 20.1 Å². The van der Waals surface area contributed by atoms with Crippen molar-refractivity contribution >= 4 is 22.9 Å². The van der Waals surface area contributed by atoms with E-state index in [1.165, 1.54) is 19.5 Å². The van der Waals surface area contributed by atoms with E-state index in [2.05, 4.69) is 19.9 Å². The van der Waals surface area contributed by atoms with Crippen LogP contribution in [0.1, 0.15) is 28.3 Å². The molecule has 34 heavy (non-hydrogen) atoms. The molecule has 176 valence electrons. The van der Waals surface area contributed by atoms with Gasteiger partial charge in [-0.2, -0.15) is 23.1 Å². The topological polar surface area (TPSA) is 102 Å². The van der Waals surface area contributed by atoms with E-state index in [9.17, 15) is 13.2 Å². The average Bonchev–Trinajstić information content (AvgIpc) is 3.29. The smallest absolute Gasteiger partial charge is 0.416 e. The number of hydrogen-bond donors (Lipinski definition) is 2. The zero-order valence-corrected chi connectivity index (χ0v) is 18.3. The first kappa shape index (κ1) is 21.8. The summed E-state index contributed by atoms with van der Waals surface area (Å²) in [5.41, 5.74) is 8.32. The van der Waals surface area contributed by atoms with Gasteiger partial charge < -0.3 is 25.1 Å². The van der Waals surface area contributed by atoms with E-state index in [-0.39, 0.29) is 5.95 Å². The molecule has 0 saturated heterocycles. The molecule has 1 unspecified atom stereocenters. The highest BCUT2D eigenvalue weighted by molar-refractivity contribution is 5.85. The molecule has 5 rings (SSSR count). The average molecular weight is 470 g/mol. The lowest BCUT2D eigenvalue weighted by molar-refractivity contribution is -0.137. The monoisotopic (exact) mass is 470 g/mol. The number of alkyl halides is 3. The van der Waals surface area contributed by atoms with E-state index in [1.807, 2.05) is 11.0 Å². The number of nitrogens with two attached hydrogens (primary N) is 1. The van der Waals surface area contributed by atoms with Gasteiger partial charge in [0.05, 0.1) is 32.2 Å². The maximum Gasteiger partial charge on any atom is 0.416 e. The zero-order chi connectivity index (χ0) is 24.0. The molecular formula is C23H21F3N6O2. The molecule has 0 fully saturated rings. The Labute approximate surface area is 192 Å². The van der Waals surface area contributed by atoms with Crippen LogP contribution >= 0.6 is 0 Å². The highest BCUT2D eigenvalue weighted by atomic mass is 19.4. The SMILES string of the molecule is COc1cc2c(cc1OC)C(c1cccc(C(F)(F)F)c1)N(c1nc(N)nc3[nH]cnc13)CC2. The molecule has 0 saturated carbocycles. The number of anilines is 2. The van der Waals surface area contributed by atoms with Crippen molar-refractivity contribution in [2.75, 3.05) is 31.4 Å². The highest BCUT2D eigenvalue weighted by Crippen LogP contribution is 2.44. The first-order valence-electron chi connectivity index (χ1n) is 10.5. The van der Waals surface area contributed by atoms with E-state index >= 15 is 0 Å². The van der Waals surface area contributed by atoms with Crippen molar-refractivity contribution in [3.63, 3.8) is 0 Å². The van der Waals surface area contributed by atoms with Gasteiger partial charge in [0.1, 0.15) is 0 Å². The minimum atomic E-state index is -4.48. The number of aromatic amines is 1. The second-order valence-corrected chi connectivity index (χ2v) is 7.88. The van der Waals surface area contributed by atoms with Gasteiger partial charge in [-0.3, -0.25) is 0 Å². The maximum atomic E-state index is 13.6. The zero-order valence-electron chi connectivity index (χ0n) is 18.3. The lowest BCUT2D eigenvalue weighted by atomic mass is 9.87. The molecule has 11 heteroatoms. The molecule has 0 bridgehead atoms. The summed E-state index contributed by atoms with van der Waals surface area (Å²) in [6.45, 7) is 0.460. The van der Waals surface area contributed by atoms with Crippen LogP contribution in [-0.2, 0) is 12.6 Å². The van der Waals surface area contributed by atoms with E-state index < -0.39 is 17.8 Å². The van der Waals surface area contributed by atoms with Crippen molar-refractivity contribution in [1.82, 2.24) is 19.9 Å². The molecule has 0 amide bonds. The van der Waals surface area contributed by atoms with Gasteiger partial charge in [0.2, 0.25) is 5.95 Å². The quantitative estimate of drug-likeness (QED) is 0.463. The first-order valence-corrected chi connectivity index (χ1v) is 10.5. The van der Waals surface area contributed by atoms with Crippen LogP contribution in [0.2, 0.25) is 0 Å². The lowest BCUT2D eigenvalue weighted by Gasteiger charge is -2.39. The van der Waals surface area contributed by atoms with Crippen molar-refractivity contribution in [2.24, 2.45) is 0 Å². The number of benzene rings is 2. The number of imidazole rings is 1. The third-order valence-corrected chi connectivity index (χ3v) is 5.95. The molecule has 1 atom stereocenters. The van der Waals surface area contributed by atoms with Crippen molar-refractivity contribution in [1.29, 1.82) is 0 Å². The normalized spacial score (nSPS) is 15.9. The molecule has 0 radical (unpaired) electrons. The van der Waals surface area contributed by atoms with Crippen molar-refractivity contribution in [3.8, 4) is 11.5 Å². The third-order valence-electron chi connectivity index (χ3n) is 5.95. The summed E-state index contributed by atoms with van der Waals surface area (Å²) < 4.78 is 51.7. The van der Waals surface area contributed by atoms with E-state index in [1.54, 1.807) is 19.2 Å². The summed E-state index contributed by atoms with van der Waals surface area (Å²) in [6.07, 6.45) is -2.40. The van der Waals surface area contributed by atoms with Crippen LogP contribution in [0.15, 0.2) is 42.7 Å². The molecule has 2 aromatic heterocycles. The standard InChI is InChI=1S/C23H21F3N6O2/c1-33-16-9-12-6-7-32(21-18-20(29-11-28-18)30-22(27)31-21)19(15(12)10-17(16)34-2)13-4-3-5-14(8-13)23(24,25)26/h3-5,8-11,19H,6-7H2,1-2H3,(H3,27,28,29,30,31). The minimum absolute atomic E-state index is 0.0349. The number of fused-ring (bicyclic) bond motifs is 2. The first-order chi connectivity index (χ1) is 16.3.